The molecule has 1 aromatic rings. The van der Waals surface area contributed by atoms with Crippen molar-refractivity contribution in [2.75, 3.05) is 12.8 Å². The fourth-order valence-electron chi connectivity index (χ4n) is 1.87. The van der Waals surface area contributed by atoms with Crippen molar-refractivity contribution in [3.63, 3.8) is 0 Å². The standard InChI is InChI=1S/C13H21NOS/c1-16-10-13-7-6-12(15-13)9-14-8-2-3-11-4-5-11/h6-7,11,14H,2-5,8-10H2,1H3. The minimum atomic E-state index is 0.874. The maximum atomic E-state index is 5.68. The SMILES string of the molecule is CSCc1ccc(CNCCCC2CC2)o1. The second-order valence-corrected chi connectivity index (χ2v) is 5.43. The van der Waals surface area contributed by atoms with Crippen LogP contribution >= 0.6 is 11.8 Å². The molecule has 0 aromatic carbocycles. The van der Waals surface area contributed by atoms with Gasteiger partial charge in [0, 0.05) is 0 Å². The lowest BCUT2D eigenvalue weighted by Gasteiger charge is -2.01. The highest BCUT2D eigenvalue weighted by molar-refractivity contribution is 7.97. The molecule has 0 radical (unpaired) electrons. The van der Waals surface area contributed by atoms with E-state index in [2.05, 4.69) is 23.7 Å². The fourth-order valence-corrected chi connectivity index (χ4v) is 2.31. The van der Waals surface area contributed by atoms with Crippen molar-refractivity contribution in [1.29, 1.82) is 0 Å². The zero-order valence-corrected chi connectivity index (χ0v) is 10.8. The van der Waals surface area contributed by atoms with Crippen LogP contribution in [0.25, 0.3) is 0 Å². The van der Waals surface area contributed by atoms with Gasteiger partial charge in [0.25, 0.3) is 0 Å². The molecule has 1 heterocycles. The van der Waals surface area contributed by atoms with Crippen molar-refractivity contribution < 1.29 is 4.42 Å². The van der Waals surface area contributed by atoms with Crippen molar-refractivity contribution in [2.24, 2.45) is 5.92 Å². The molecule has 3 heteroatoms. The molecule has 0 unspecified atom stereocenters. The first kappa shape index (κ1) is 12.1. The Morgan fingerprint density at radius 3 is 2.94 bits per heavy atom. The quantitative estimate of drug-likeness (QED) is 0.704. The van der Waals surface area contributed by atoms with Crippen molar-refractivity contribution in [3.8, 4) is 0 Å². The molecular formula is C13H21NOS. The summed E-state index contributed by atoms with van der Waals surface area (Å²) < 4.78 is 5.68. The van der Waals surface area contributed by atoms with Crippen LogP contribution in [0.15, 0.2) is 16.5 Å². The van der Waals surface area contributed by atoms with Crippen LogP contribution in [0, 0.1) is 5.92 Å². The third-order valence-corrected chi connectivity index (χ3v) is 3.54. The van der Waals surface area contributed by atoms with E-state index in [0.29, 0.717) is 0 Å². The third-order valence-electron chi connectivity index (χ3n) is 2.97. The summed E-state index contributed by atoms with van der Waals surface area (Å²) in [5.41, 5.74) is 0. The van der Waals surface area contributed by atoms with Gasteiger partial charge >= 0.3 is 0 Å². The van der Waals surface area contributed by atoms with E-state index >= 15 is 0 Å². The van der Waals surface area contributed by atoms with Gasteiger partial charge in [-0.05, 0) is 43.7 Å². The Balaban J connectivity index is 1.56. The molecule has 0 amide bonds. The molecule has 1 aliphatic rings. The molecule has 2 nitrogen and oxygen atoms in total. The van der Waals surface area contributed by atoms with E-state index in [0.717, 1.165) is 36.3 Å². The number of rotatable bonds is 8. The van der Waals surface area contributed by atoms with Crippen molar-refractivity contribution >= 4 is 11.8 Å². The minimum absolute atomic E-state index is 0.874. The molecule has 0 aliphatic heterocycles. The summed E-state index contributed by atoms with van der Waals surface area (Å²) in [6.45, 7) is 1.99. The maximum Gasteiger partial charge on any atom is 0.117 e. The number of hydrogen-bond donors (Lipinski definition) is 1. The highest BCUT2D eigenvalue weighted by Gasteiger charge is 2.19. The summed E-state index contributed by atoms with van der Waals surface area (Å²) >= 11 is 1.80. The second kappa shape index (κ2) is 6.36. The van der Waals surface area contributed by atoms with Crippen LogP contribution < -0.4 is 5.32 Å². The Kier molecular flexibility index (Phi) is 4.79. The van der Waals surface area contributed by atoms with E-state index in [1.807, 2.05) is 0 Å². The van der Waals surface area contributed by atoms with Gasteiger partial charge in [0.1, 0.15) is 11.5 Å². The summed E-state index contributed by atoms with van der Waals surface area (Å²) in [6.07, 6.45) is 7.75. The van der Waals surface area contributed by atoms with Gasteiger partial charge < -0.3 is 9.73 Å². The Morgan fingerprint density at radius 1 is 1.38 bits per heavy atom. The van der Waals surface area contributed by atoms with Crippen LogP contribution in [0.4, 0.5) is 0 Å². The van der Waals surface area contributed by atoms with Crippen LogP contribution in [0.3, 0.4) is 0 Å². The predicted molar refractivity (Wildman–Crippen MR) is 69.6 cm³/mol. The monoisotopic (exact) mass is 239 g/mol. The van der Waals surface area contributed by atoms with E-state index in [1.165, 1.54) is 25.7 Å². The van der Waals surface area contributed by atoms with Crippen LogP contribution in [0.2, 0.25) is 0 Å². The molecule has 1 fully saturated rings. The van der Waals surface area contributed by atoms with E-state index in [1.54, 1.807) is 11.8 Å². The Hall–Kier alpha value is -0.410. The van der Waals surface area contributed by atoms with Crippen LogP contribution in [0.5, 0.6) is 0 Å². The van der Waals surface area contributed by atoms with E-state index in [4.69, 9.17) is 4.42 Å². The zero-order valence-electron chi connectivity index (χ0n) is 10.00. The molecule has 0 bridgehead atoms. The lowest BCUT2D eigenvalue weighted by Crippen LogP contribution is -2.14. The lowest BCUT2D eigenvalue weighted by molar-refractivity contribution is 0.455. The first-order valence-electron chi connectivity index (χ1n) is 6.15. The molecule has 90 valence electrons. The van der Waals surface area contributed by atoms with Gasteiger partial charge in [-0.3, -0.25) is 0 Å². The van der Waals surface area contributed by atoms with Gasteiger partial charge in [0.2, 0.25) is 0 Å². The molecule has 0 spiro atoms. The summed E-state index contributed by atoms with van der Waals surface area (Å²) in [6, 6.07) is 4.16. The smallest absolute Gasteiger partial charge is 0.117 e. The topological polar surface area (TPSA) is 25.2 Å². The van der Waals surface area contributed by atoms with Gasteiger partial charge in [0.15, 0.2) is 0 Å². The Morgan fingerprint density at radius 2 is 2.19 bits per heavy atom. The first-order valence-corrected chi connectivity index (χ1v) is 7.55. The summed E-state index contributed by atoms with van der Waals surface area (Å²) in [7, 11) is 0. The molecule has 16 heavy (non-hydrogen) atoms. The van der Waals surface area contributed by atoms with Crippen LogP contribution in [-0.2, 0) is 12.3 Å². The zero-order chi connectivity index (χ0) is 11.2. The normalized spacial score (nSPS) is 15.6. The Labute approximate surface area is 102 Å². The summed E-state index contributed by atoms with van der Waals surface area (Å²) in [5.74, 6) is 4.18. The molecular weight excluding hydrogens is 218 g/mol. The number of hydrogen-bond acceptors (Lipinski definition) is 3. The second-order valence-electron chi connectivity index (χ2n) is 4.56. The van der Waals surface area contributed by atoms with Crippen LogP contribution in [0.1, 0.15) is 37.2 Å². The highest BCUT2D eigenvalue weighted by atomic mass is 32.2. The van der Waals surface area contributed by atoms with E-state index in [9.17, 15) is 0 Å². The van der Waals surface area contributed by atoms with Crippen molar-refractivity contribution in [2.45, 2.75) is 38.0 Å². The third kappa shape index (κ3) is 4.22. The lowest BCUT2D eigenvalue weighted by atomic mass is 10.2. The molecule has 1 aliphatic carbocycles. The highest BCUT2D eigenvalue weighted by Crippen LogP contribution is 2.33. The Bertz CT molecular complexity index is 307. The molecule has 0 atom stereocenters. The maximum absolute atomic E-state index is 5.68. The molecule has 1 saturated carbocycles. The van der Waals surface area contributed by atoms with E-state index < -0.39 is 0 Å². The summed E-state index contributed by atoms with van der Waals surface area (Å²) in [4.78, 5) is 0. The summed E-state index contributed by atoms with van der Waals surface area (Å²) in [5, 5.41) is 3.44. The average Bonchev–Trinajstić information content (AvgIpc) is 2.99. The molecule has 1 N–H and O–H groups in total. The number of thioether (sulfide) groups is 1. The largest absolute Gasteiger partial charge is 0.464 e. The average molecular weight is 239 g/mol. The number of furan rings is 1. The first-order chi connectivity index (χ1) is 7.88. The van der Waals surface area contributed by atoms with Crippen molar-refractivity contribution in [1.82, 2.24) is 5.32 Å². The fraction of sp³-hybridized carbons (Fsp3) is 0.692. The minimum Gasteiger partial charge on any atom is -0.464 e. The van der Waals surface area contributed by atoms with E-state index in [-0.39, 0.29) is 0 Å². The molecule has 1 aromatic heterocycles. The van der Waals surface area contributed by atoms with Gasteiger partial charge in [0.05, 0.1) is 12.3 Å². The van der Waals surface area contributed by atoms with Gasteiger partial charge in [-0.2, -0.15) is 11.8 Å². The van der Waals surface area contributed by atoms with Gasteiger partial charge in [-0.1, -0.05) is 12.8 Å². The van der Waals surface area contributed by atoms with Crippen LogP contribution in [-0.4, -0.2) is 12.8 Å². The number of nitrogens with one attached hydrogen (secondary N) is 1. The molecule has 2 rings (SSSR count). The predicted octanol–water partition coefficient (Wildman–Crippen LogP) is 3.42. The van der Waals surface area contributed by atoms with Crippen molar-refractivity contribution in [3.05, 3.63) is 23.7 Å². The van der Waals surface area contributed by atoms with Gasteiger partial charge in [-0.15, -0.1) is 0 Å². The molecule has 0 saturated heterocycles. The van der Waals surface area contributed by atoms with Gasteiger partial charge in [-0.25, -0.2) is 0 Å².